The third kappa shape index (κ3) is 5.81. The van der Waals surface area contributed by atoms with Gasteiger partial charge in [-0.2, -0.15) is 5.26 Å². The minimum Gasteiger partial charge on any atom is -0.448 e. The molecule has 2 aromatic rings. The fourth-order valence-corrected chi connectivity index (χ4v) is 3.16. The van der Waals surface area contributed by atoms with Gasteiger partial charge in [-0.05, 0) is 61.9 Å². The summed E-state index contributed by atoms with van der Waals surface area (Å²) >= 11 is 0. The maximum Gasteiger partial charge on any atom is 0.349 e. The van der Waals surface area contributed by atoms with E-state index in [9.17, 15) is 14.9 Å². The van der Waals surface area contributed by atoms with Crippen LogP contribution in [0.4, 0.5) is 5.69 Å². The molecule has 0 saturated carbocycles. The average Bonchev–Trinajstić information content (AvgIpc) is 2.68. The zero-order valence-corrected chi connectivity index (χ0v) is 18.4. The molecule has 0 aliphatic carbocycles. The van der Waals surface area contributed by atoms with Crippen molar-refractivity contribution in [3.05, 3.63) is 69.8 Å². The van der Waals surface area contributed by atoms with Gasteiger partial charge in [-0.15, -0.1) is 0 Å². The van der Waals surface area contributed by atoms with E-state index in [0.717, 1.165) is 22.3 Å². The largest absolute Gasteiger partial charge is 0.448 e. The van der Waals surface area contributed by atoms with Crippen LogP contribution >= 0.6 is 0 Å². The number of carbonyl (C=O) groups is 2. The number of benzene rings is 2. The number of ether oxygens (including phenoxy) is 1. The Hall–Kier alpha value is -3.39. The molecule has 0 fully saturated rings. The minimum atomic E-state index is -1.04. The minimum absolute atomic E-state index is 0.158. The summed E-state index contributed by atoms with van der Waals surface area (Å²) in [6.07, 6.45) is 0.420. The van der Waals surface area contributed by atoms with Crippen LogP contribution in [-0.2, 0) is 14.3 Å². The first-order valence-corrected chi connectivity index (χ1v) is 9.93. The molecule has 1 atom stereocenters. The van der Waals surface area contributed by atoms with Crippen LogP contribution in [0.5, 0.6) is 0 Å². The highest BCUT2D eigenvalue weighted by Gasteiger charge is 2.21. The number of carbonyl (C=O) groups excluding carboxylic acids is 2. The molecule has 0 unspecified atom stereocenters. The Labute approximate surface area is 178 Å². The summed E-state index contributed by atoms with van der Waals surface area (Å²) in [5.41, 5.74) is 5.40. The molecule has 1 N–H and O–H groups in total. The Morgan fingerprint density at radius 2 is 1.60 bits per heavy atom. The van der Waals surface area contributed by atoms with Crippen molar-refractivity contribution in [2.45, 2.75) is 53.6 Å². The Kier molecular flexibility index (Phi) is 7.54. The van der Waals surface area contributed by atoms with Crippen molar-refractivity contribution >= 4 is 23.6 Å². The van der Waals surface area contributed by atoms with Crippen molar-refractivity contribution in [1.29, 1.82) is 5.26 Å². The number of hydrogen-bond acceptors (Lipinski definition) is 4. The number of amides is 1. The molecule has 0 aromatic heterocycles. The molecule has 0 aliphatic rings. The number of rotatable bonds is 6. The SMILES string of the molecule is Cc1cc(C)c(NC(=O)[C@H](C)OC(=O)/C(C#N)=C/c2ccc(C(C)C)cc2)c(C)c1. The van der Waals surface area contributed by atoms with Gasteiger partial charge >= 0.3 is 5.97 Å². The number of hydrogen-bond donors (Lipinski definition) is 1. The summed E-state index contributed by atoms with van der Waals surface area (Å²) in [4.78, 5) is 24.9. The van der Waals surface area contributed by atoms with E-state index in [1.807, 2.05) is 63.2 Å². The summed E-state index contributed by atoms with van der Waals surface area (Å²) in [7, 11) is 0. The van der Waals surface area contributed by atoms with E-state index in [4.69, 9.17) is 4.74 Å². The second-order valence-corrected chi connectivity index (χ2v) is 7.80. The van der Waals surface area contributed by atoms with Crippen LogP contribution in [0.3, 0.4) is 0 Å². The molecule has 0 aliphatic heterocycles. The highest BCUT2D eigenvalue weighted by Crippen LogP contribution is 2.22. The second kappa shape index (κ2) is 9.89. The van der Waals surface area contributed by atoms with Crippen molar-refractivity contribution in [3.8, 4) is 6.07 Å². The quantitative estimate of drug-likeness (QED) is 0.407. The zero-order valence-electron chi connectivity index (χ0n) is 18.4. The van der Waals surface area contributed by atoms with Gasteiger partial charge in [-0.25, -0.2) is 4.79 Å². The average molecular weight is 405 g/mol. The van der Waals surface area contributed by atoms with Crippen molar-refractivity contribution in [1.82, 2.24) is 0 Å². The fourth-order valence-electron chi connectivity index (χ4n) is 3.16. The van der Waals surface area contributed by atoms with Crippen LogP contribution in [0.25, 0.3) is 6.08 Å². The van der Waals surface area contributed by atoms with E-state index in [2.05, 4.69) is 19.2 Å². The van der Waals surface area contributed by atoms with Crippen molar-refractivity contribution in [2.75, 3.05) is 5.32 Å². The summed E-state index contributed by atoms with van der Waals surface area (Å²) in [5.74, 6) is -0.883. The van der Waals surface area contributed by atoms with Crippen molar-refractivity contribution in [2.24, 2.45) is 0 Å². The number of aryl methyl sites for hydroxylation is 3. The van der Waals surface area contributed by atoms with Gasteiger partial charge in [-0.1, -0.05) is 55.8 Å². The molecule has 0 heterocycles. The number of anilines is 1. The Bertz CT molecular complexity index is 989. The van der Waals surface area contributed by atoms with Gasteiger partial charge in [-0.3, -0.25) is 4.79 Å². The van der Waals surface area contributed by atoms with Crippen LogP contribution in [0, 0.1) is 32.1 Å². The van der Waals surface area contributed by atoms with Gasteiger partial charge in [0, 0.05) is 5.69 Å². The maximum atomic E-state index is 12.5. The summed E-state index contributed by atoms with van der Waals surface area (Å²) < 4.78 is 5.23. The Balaban J connectivity index is 2.09. The van der Waals surface area contributed by atoms with E-state index in [1.54, 1.807) is 0 Å². The molecule has 156 valence electrons. The van der Waals surface area contributed by atoms with E-state index < -0.39 is 18.0 Å². The molecule has 1 amide bonds. The summed E-state index contributed by atoms with van der Waals surface area (Å²) in [5, 5.41) is 12.2. The van der Waals surface area contributed by atoms with Gasteiger partial charge in [0.05, 0.1) is 0 Å². The van der Waals surface area contributed by atoms with Gasteiger partial charge < -0.3 is 10.1 Å². The van der Waals surface area contributed by atoms with Crippen LogP contribution in [0.15, 0.2) is 42.0 Å². The lowest BCUT2D eigenvalue weighted by Gasteiger charge is -2.16. The lowest BCUT2D eigenvalue weighted by Crippen LogP contribution is -2.30. The molecule has 2 aromatic carbocycles. The molecule has 2 rings (SSSR count). The van der Waals surface area contributed by atoms with E-state index in [0.29, 0.717) is 11.6 Å². The van der Waals surface area contributed by atoms with E-state index in [1.165, 1.54) is 18.6 Å². The molecule has 0 saturated heterocycles. The van der Waals surface area contributed by atoms with Crippen LogP contribution < -0.4 is 5.32 Å². The first kappa shape index (κ1) is 22.9. The van der Waals surface area contributed by atoms with Crippen LogP contribution in [0.2, 0.25) is 0 Å². The third-order valence-corrected chi connectivity index (χ3v) is 4.83. The van der Waals surface area contributed by atoms with E-state index >= 15 is 0 Å². The fraction of sp³-hybridized carbons (Fsp3) is 0.320. The first-order valence-electron chi connectivity index (χ1n) is 9.93. The molecule has 30 heavy (non-hydrogen) atoms. The topological polar surface area (TPSA) is 79.2 Å². The lowest BCUT2D eigenvalue weighted by atomic mass is 10.0. The Morgan fingerprint density at radius 1 is 1.03 bits per heavy atom. The van der Waals surface area contributed by atoms with Crippen molar-refractivity contribution in [3.63, 3.8) is 0 Å². The van der Waals surface area contributed by atoms with Gasteiger partial charge in [0.2, 0.25) is 0 Å². The van der Waals surface area contributed by atoms with Crippen molar-refractivity contribution < 1.29 is 14.3 Å². The standard InChI is InChI=1S/C25H28N2O3/c1-15(2)21-9-7-20(8-10-21)13-22(14-26)25(29)30-19(6)24(28)27-23-17(4)11-16(3)12-18(23)5/h7-13,15,19H,1-6H3,(H,27,28)/b22-13+/t19-/m0/s1. The zero-order chi connectivity index (χ0) is 22.4. The van der Waals surface area contributed by atoms with Crippen LogP contribution in [-0.4, -0.2) is 18.0 Å². The molecular formula is C25H28N2O3. The van der Waals surface area contributed by atoms with Gasteiger partial charge in [0.15, 0.2) is 6.10 Å². The summed E-state index contributed by atoms with van der Waals surface area (Å²) in [6.45, 7) is 11.5. The highest BCUT2D eigenvalue weighted by molar-refractivity contribution is 6.01. The molecule has 0 spiro atoms. The normalized spacial score (nSPS) is 12.3. The third-order valence-electron chi connectivity index (χ3n) is 4.83. The second-order valence-electron chi connectivity index (χ2n) is 7.80. The highest BCUT2D eigenvalue weighted by atomic mass is 16.5. The summed E-state index contributed by atoms with van der Waals surface area (Å²) in [6, 6.07) is 13.4. The molecule has 5 heteroatoms. The van der Waals surface area contributed by atoms with E-state index in [-0.39, 0.29) is 5.57 Å². The van der Waals surface area contributed by atoms with Crippen LogP contribution in [0.1, 0.15) is 54.5 Å². The van der Waals surface area contributed by atoms with Gasteiger partial charge in [0.25, 0.3) is 5.91 Å². The number of nitriles is 1. The number of nitrogens with zero attached hydrogens (tertiary/aromatic N) is 1. The molecule has 5 nitrogen and oxygen atoms in total. The maximum absolute atomic E-state index is 12.5. The number of nitrogens with one attached hydrogen (secondary N) is 1. The number of esters is 1. The predicted octanol–water partition coefficient (Wildman–Crippen LogP) is 5.21. The Morgan fingerprint density at radius 3 is 2.10 bits per heavy atom. The monoisotopic (exact) mass is 404 g/mol. The lowest BCUT2D eigenvalue weighted by molar-refractivity contribution is -0.148. The molecule has 0 bridgehead atoms. The molecular weight excluding hydrogens is 376 g/mol. The molecule has 0 radical (unpaired) electrons. The smallest absolute Gasteiger partial charge is 0.349 e. The van der Waals surface area contributed by atoms with Gasteiger partial charge in [0.1, 0.15) is 11.6 Å². The first-order chi connectivity index (χ1) is 14.1. The predicted molar refractivity (Wildman–Crippen MR) is 119 cm³/mol.